The molecule has 0 saturated carbocycles. The molecule has 0 bridgehead atoms. The Morgan fingerprint density at radius 1 is 0.531 bits per heavy atom. The second-order valence-corrected chi connectivity index (χ2v) is 21.1. The van der Waals surface area contributed by atoms with Crippen LogP contribution in [0.3, 0.4) is 0 Å². The van der Waals surface area contributed by atoms with Crippen molar-refractivity contribution >= 4 is 19.7 Å². The Morgan fingerprint density at radius 3 is 1.34 bits per heavy atom. The number of nitrogens with one attached hydrogen (secondary N) is 1. The molecule has 3 unspecified atom stereocenters. The summed E-state index contributed by atoms with van der Waals surface area (Å²) in [4.78, 5) is 39.7. The summed E-state index contributed by atoms with van der Waals surface area (Å²) in [5, 5.41) is 3.01. The van der Waals surface area contributed by atoms with Crippen LogP contribution >= 0.6 is 7.82 Å². The highest BCUT2D eigenvalue weighted by atomic mass is 31.2. The number of ether oxygens (including phenoxy) is 1. The molecule has 0 heterocycles. The first kappa shape index (κ1) is 62.5. The van der Waals surface area contributed by atoms with Gasteiger partial charge in [0, 0.05) is 12.8 Å². The minimum Gasteiger partial charge on any atom is -0.756 e. The molecule has 0 radical (unpaired) electrons. The average molecular weight is 925 g/mol. The first-order chi connectivity index (χ1) is 30.9. The van der Waals surface area contributed by atoms with Crippen LogP contribution in [0.25, 0.3) is 0 Å². The Hall–Kier alpha value is -1.51. The van der Waals surface area contributed by atoms with E-state index in [1.807, 2.05) is 33.3 Å². The SMILES string of the molecule is CCCCCCCCC/C=C\CCCCCC(=O)OC(/C=C/CCCCCCCCCCC)C(COP(=O)([O-])OCC[N+](C)(C)C)NC(=O)CCCCCCCCCCCCCCC. The van der Waals surface area contributed by atoms with E-state index in [0.717, 1.165) is 64.2 Å². The maximum atomic E-state index is 13.4. The summed E-state index contributed by atoms with van der Waals surface area (Å²) in [5.41, 5.74) is 0. The highest BCUT2D eigenvalue weighted by Gasteiger charge is 2.27. The third kappa shape index (κ3) is 45.6. The first-order valence-electron chi connectivity index (χ1n) is 27.1. The van der Waals surface area contributed by atoms with Crippen molar-refractivity contribution in [3.05, 3.63) is 24.3 Å². The van der Waals surface area contributed by atoms with E-state index < -0.39 is 20.0 Å². The number of phosphoric acid groups is 1. The van der Waals surface area contributed by atoms with E-state index in [-0.39, 0.29) is 31.5 Å². The van der Waals surface area contributed by atoms with Crippen molar-refractivity contribution in [1.29, 1.82) is 0 Å². The van der Waals surface area contributed by atoms with Gasteiger partial charge in [-0.25, -0.2) is 0 Å². The number of unbranched alkanes of at least 4 members (excludes halogenated alkanes) is 31. The lowest BCUT2D eigenvalue weighted by molar-refractivity contribution is -0.870. The number of rotatable bonds is 49. The van der Waals surface area contributed by atoms with Gasteiger partial charge >= 0.3 is 5.97 Å². The molecule has 3 atom stereocenters. The summed E-state index contributed by atoms with van der Waals surface area (Å²) in [6.07, 6.45) is 49.9. The van der Waals surface area contributed by atoms with Gasteiger partial charge < -0.3 is 28.5 Å². The van der Waals surface area contributed by atoms with Gasteiger partial charge in [0.25, 0.3) is 7.82 Å². The zero-order valence-electron chi connectivity index (χ0n) is 43.0. The maximum absolute atomic E-state index is 13.4. The zero-order valence-corrected chi connectivity index (χ0v) is 43.9. The minimum atomic E-state index is -4.68. The summed E-state index contributed by atoms with van der Waals surface area (Å²) >= 11 is 0. The van der Waals surface area contributed by atoms with Gasteiger partial charge in [-0.15, -0.1) is 0 Å². The standard InChI is InChI=1S/C54H105N2O7P/c1-7-10-13-16-19-22-25-27-29-32-35-38-41-44-47-54(58)63-52(45-42-39-36-33-30-24-21-18-15-12-9-3)51(50-62-64(59,60)61-49-48-56(4,5)6)55-53(57)46-43-40-37-34-31-28-26-23-20-17-14-11-8-2/h29,32,42,45,51-52H,7-28,30-31,33-41,43-44,46-50H2,1-6H3,(H-,55,57,59,60)/b32-29-,45-42+. The number of allylic oxidation sites excluding steroid dienone is 3. The summed E-state index contributed by atoms with van der Waals surface area (Å²) in [7, 11) is 1.19. The monoisotopic (exact) mass is 925 g/mol. The van der Waals surface area contributed by atoms with Gasteiger partial charge in [0.2, 0.25) is 5.91 Å². The molecule has 0 aromatic heterocycles. The predicted octanol–water partition coefficient (Wildman–Crippen LogP) is 15.2. The molecule has 1 amide bonds. The molecule has 1 N–H and O–H groups in total. The minimum absolute atomic E-state index is 0.0214. The molecule has 378 valence electrons. The molecular formula is C54H105N2O7P. The first-order valence-corrected chi connectivity index (χ1v) is 28.6. The van der Waals surface area contributed by atoms with Crippen LogP contribution in [0.4, 0.5) is 0 Å². The lowest BCUT2D eigenvalue weighted by Crippen LogP contribution is -2.47. The molecule has 0 aromatic rings. The topological polar surface area (TPSA) is 114 Å². The summed E-state index contributed by atoms with van der Waals surface area (Å²) < 4.78 is 30.1. The number of phosphoric ester groups is 1. The van der Waals surface area contributed by atoms with Crippen LogP contribution in [-0.2, 0) is 27.9 Å². The van der Waals surface area contributed by atoms with Gasteiger partial charge in [-0.1, -0.05) is 212 Å². The van der Waals surface area contributed by atoms with Crippen molar-refractivity contribution < 1.29 is 37.3 Å². The number of hydrogen-bond donors (Lipinski definition) is 1. The Morgan fingerprint density at radius 2 is 0.906 bits per heavy atom. The van der Waals surface area contributed by atoms with Crippen molar-refractivity contribution in [2.24, 2.45) is 0 Å². The molecule has 9 nitrogen and oxygen atoms in total. The maximum Gasteiger partial charge on any atom is 0.306 e. The van der Waals surface area contributed by atoms with Crippen molar-refractivity contribution in [2.45, 2.75) is 270 Å². The molecule has 0 aliphatic rings. The van der Waals surface area contributed by atoms with Gasteiger partial charge in [-0.2, -0.15) is 0 Å². The van der Waals surface area contributed by atoms with Crippen LogP contribution in [0.1, 0.15) is 258 Å². The second-order valence-electron chi connectivity index (χ2n) is 19.7. The summed E-state index contributed by atoms with van der Waals surface area (Å²) in [6, 6.07) is -0.886. The van der Waals surface area contributed by atoms with Crippen molar-refractivity contribution in [3.63, 3.8) is 0 Å². The lowest BCUT2D eigenvalue weighted by atomic mass is 10.0. The van der Waals surface area contributed by atoms with E-state index in [1.54, 1.807) is 0 Å². The van der Waals surface area contributed by atoms with Crippen LogP contribution in [0.5, 0.6) is 0 Å². The van der Waals surface area contributed by atoms with E-state index in [4.69, 9.17) is 13.8 Å². The average Bonchev–Trinajstić information content (AvgIpc) is 3.25. The lowest BCUT2D eigenvalue weighted by Gasteiger charge is -2.30. The highest BCUT2D eigenvalue weighted by molar-refractivity contribution is 7.45. The Kier molecular flexibility index (Phi) is 44.2. The fourth-order valence-electron chi connectivity index (χ4n) is 7.87. The number of nitrogens with zero attached hydrogens (tertiary/aromatic N) is 1. The molecule has 0 fully saturated rings. The van der Waals surface area contributed by atoms with E-state index in [1.165, 1.54) is 154 Å². The molecule has 0 saturated heterocycles. The van der Waals surface area contributed by atoms with Crippen molar-refractivity contribution in [1.82, 2.24) is 5.32 Å². The number of hydrogen-bond acceptors (Lipinski definition) is 7. The van der Waals surface area contributed by atoms with E-state index in [0.29, 0.717) is 23.9 Å². The summed E-state index contributed by atoms with van der Waals surface area (Å²) in [5.74, 6) is -0.552. The number of carbonyl (C=O) groups is 2. The fourth-order valence-corrected chi connectivity index (χ4v) is 8.59. The quantitative estimate of drug-likeness (QED) is 0.0212. The Balaban J connectivity index is 5.39. The molecular weight excluding hydrogens is 820 g/mol. The number of esters is 1. The molecule has 0 rings (SSSR count). The van der Waals surface area contributed by atoms with Gasteiger partial charge in [-0.05, 0) is 57.4 Å². The number of likely N-dealkylation sites (N-methyl/N-ethyl adjacent to an activating group) is 1. The van der Waals surface area contributed by atoms with Crippen molar-refractivity contribution in [3.8, 4) is 0 Å². The highest BCUT2D eigenvalue weighted by Crippen LogP contribution is 2.38. The van der Waals surface area contributed by atoms with E-state index in [9.17, 15) is 19.0 Å². The molecule has 0 aliphatic carbocycles. The van der Waals surface area contributed by atoms with Crippen LogP contribution in [0.2, 0.25) is 0 Å². The molecule has 0 aliphatic heterocycles. The second kappa shape index (κ2) is 45.3. The van der Waals surface area contributed by atoms with Crippen LogP contribution in [0, 0.1) is 0 Å². The normalized spacial score (nSPS) is 14.0. The number of carbonyl (C=O) groups excluding carboxylic acids is 2. The smallest absolute Gasteiger partial charge is 0.306 e. The van der Waals surface area contributed by atoms with Gasteiger partial charge in [0.1, 0.15) is 19.3 Å². The van der Waals surface area contributed by atoms with Crippen molar-refractivity contribution in [2.75, 3.05) is 40.9 Å². The molecule has 10 heteroatoms. The fraction of sp³-hybridized carbons (Fsp3) is 0.889. The number of amides is 1. The van der Waals surface area contributed by atoms with E-state index in [2.05, 4.69) is 38.2 Å². The zero-order chi connectivity index (χ0) is 47.3. The third-order valence-corrected chi connectivity index (χ3v) is 13.1. The Labute approximate surface area is 396 Å². The molecule has 0 aromatic carbocycles. The van der Waals surface area contributed by atoms with Crippen LogP contribution in [0.15, 0.2) is 24.3 Å². The number of quaternary nitrogens is 1. The summed E-state index contributed by atoms with van der Waals surface area (Å²) in [6.45, 7) is 6.83. The largest absolute Gasteiger partial charge is 0.756 e. The predicted molar refractivity (Wildman–Crippen MR) is 270 cm³/mol. The molecule has 64 heavy (non-hydrogen) atoms. The van der Waals surface area contributed by atoms with Crippen LogP contribution < -0.4 is 10.2 Å². The molecule has 0 spiro atoms. The third-order valence-electron chi connectivity index (χ3n) is 12.1. The Bertz CT molecular complexity index is 1160. The van der Waals surface area contributed by atoms with Gasteiger partial charge in [0.05, 0.1) is 33.8 Å². The van der Waals surface area contributed by atoms with Gasteiger partial charge in [0.15, 0.2) is 0 Å². The van der Waals surface area contributed by atoms with Crippen LogP contribution in [-0.4, -0.2) is 69.4 Å². The van der Waals surface area contributed by atoms with Gasteiger partial charge in [-0.3, -0.25) is 14.2 Å². The van der Waals surface area contributed by atoms with E-state index >= 15 is 0 Å².